The number of phenolic OH excluding ortho intramolecular Hbond substituents is 2. The van der Waals surface area contributed by atoms with Crippen LogP contribution in [-0.4, -0.2) is 46.6 Å². The van der Waals surface area contributed by atoms with Crippen molar-refractivity contribution < 1.29 is 19.7 Å². The van der Waals surface area contributed by atoms with Crippen molar-refractivity contribution in [1.82, 2.24) is 4.90 Å². The van der Waals surface area contributed by atoms with Crippen molar-refractivity contribution in [3.05, 3.63) is 77.9 Å². The molecule has 2 unspecified atom stereocenters. The van der Waals surface area contributed by atoms with Gasteiger partial charge >= 0.3 is 0 Å². The number of phenols is 2. The average molecular weight is 486 g/mol. The smallest absolute Gasteiger partial charge is 0.195 e. The molecule has 2 bridgehead atoms. The molecule has 2 aliphatic rings. The van der Waals surface area contributed by atoms with E-state index in [1.807, 2.05) is 30.3 Å². The third-order valence-electron chi connectivity index (χ3n) is 7.34. The van der Waals surface area contributed by atoms with E-state index in [-0.39, 0.29) is 17.3 Å². The molecule has 1 saturated carbocycles. The molecule has 1 aliphatic heterocycles. The van der Waals surface area contributed by atoms with E-state index in [2.05, 4.69) is 4.90 Å². The van der Waals surface area contributed by atoms with Crippen molar-refractivity contribution in [3.8, 4) is 27.7 Å². The maximum atomic E-state index is 13.7. The number of carbonyl (C=O) groups excluding carboxylic acids is 1. The summed E-state index contributed by atoms with van der Waals surface area (Å²) in [6.45, 7) is 2.80. The van der Waals surface area contributed by atoms with Gasteiger partial charge in [-0.3, -0.25) is 9.69 Å². The molecule has 5 nitrogen and oxygen atoms in total. The maximum Gasteiger partial charge on any atom is 0.195 e. The van der Waals surface area contributed by atoms with Gasteiger partial charge in [0.15, 0.2) is 5.78 Å². The Kier molecular flexibility index (Phi) is 5.71. The Bertz CT molecular complexity index is 1380. The summed E-state index contributed by atoms with van der Waals surface area (Å²) in [5, 5.41) is 20.9. The van der Waals surface area contributed by atoms with E-state index in [1.54, 1.807) is 36.4 Å². The van der Waals surface area contributed by atoms with E-state index in [1.165, 1.54) is 37.1 Å². The van der Waals surface area contributed by atoms with Gasteiger partial charge in [-0.15, -0.1) is 11.3 Å². The van der Waals surface area contributed by atoms with Gasteiger partial charge in [-0.05, 0) is 85.3 Å². The summed E-state index contributed by atoms with van der Waals surface area (Å²) >= 11 is 1.38. The number of likely N-dealkylation sites (tertiary alicyclic amines) is 1. The number of ether oxygens (including phenoxy) is 1. The summed E-state index contributed by atoms with van der Waals surface area (Å²) in [5.74, 6) is 1.86. The first-order chi connectivity index (χ1) is 17.1. The molecule has 2 atom stereocenters. The second-order valence-corrected chi connectivity index (χ2v) is 10.6. The van der Waals surface area contributed by atoms with Gasteiger partial charge in [0.2, 0.25) is 0 Å². The number of hydrogen-bond donors (Lipinski definition) is 2. The minimum atomic E-state index is -0.107. The quantitative estimate of drug-likeness (QED) is 0.311. The highest BCUT2D eigenvalue weighted by molar-refractivity contribution is 7.23. The van der Waals surface area contributed by atoms with E-state index >= 15 is 0 Å². The first kappa shape index (κ1) is 22.1. The van der Waals surface area contributed by atoms with Crippen LogP contribution in [0.25, 0.3) is 20.5 Å². The van der Waals surface area contributed by atoms with Crippen LogP contribution in [0.5, 0.6) is 17.2 Å². The summed E-state index contributed by atoms with van der Waals surface area (Å²) in [6.07, 6.45) is 4.05. The van der Waals surface area contributed by atoms with Gasteiger partial charge < -0.3 is 14.9 Å². The molecule has 0 radical (unpaired) electrons. The lowest BCUT2D eigenvalue weighted by Gasteiger charge is -2.26. The van der Waals surface area contributed by atoms with Gasteiger partial charge in [0.05, 0.1) is 4.70 Å². The molecule has 1 aliphatic carbocycles. The van der Waals surface area contributed by atoms with Crippen molar-refractivity contribution in [3.63, 3.8) is 0 Å². The Morgan fingerprint density at radius 1 is 1.00 bits per heavy atom. The molecule has 0 spiro atoms. The highest BCUT2D eigenvalue weighted by Gasteiger charge is 2.37. The first-order valence-electron chi connectivity index (χ1n) is 12.1. The van der Waals surface area contributed by atoms with Gasteiger partial charge in [-0.25, -0.2) is 0 Å². The predicted molar refractivity (Wildman–Crippen MR) is 139 cm³/mol. The number of ketones is 1. The molecule has 2 heterocycles. The number of hydrogen-bond acceptors (Lipinski definition) is 6. The third kappa shape index (κ3) is 4.17. The molecule has 3 aromatic carbocycles. The third-order valence-corrected chi connectivity index (χ3v) is 8.61. The highest BCUT2D eigenvalue weighted by atomic mass is 32.1. The summed E-state index contributed by atoms with van der Waals surface area (Å²) in [6, 6.07) is 20.1. The van der Waals surface area contributed by atoms with Gasteiger partial charge in [-0.2, -0.15) is 0 Å². The zero-order valence-electron chi connectivity index (χ0n) is 19.3. The molecule has 4 aromatic rings. The Morgan fingerprint density at radius 2 is 1.80 bits per heavy atom. The number of carbonyl (C=O) groups is 1. The first-order valence-corrected chi connectivity index (χ1v) is 12.9. The van der Waals surface area contributed by atoms with Crippen molar-refractivity contribution in [2.75, 3.05) is 19.7 Å². The minimum absolute atomic E-state index is 0.107. The highest BCUT2D eigenvalue weighted by Crippen LogP contribution is 2.43. The van der Waals surface area contributed by atoms with Crippen LogP contribution in [0.15, 0.2) is 66.7 Å². The SMILES string of the molecule is O=C(c1ccc(OCCN2CC3CCC2C3)cc1)c1c(-c2ccc(O)cc2)sc2c(O)cccc12. The molecule has 1 saturated heterocycles. The summed E-state index contributed by atoms with van der Waals surface area (Å²) < 4.78 is 6.66. The largest absolute Gasteiger partial charge is 0.508 e. The van der Waals surface area contributed by atoms with Crippen LogP contribution in [0.1, 0.15) is 35.2 Å². The number of nitrogens with zero attached hydrogens (tertiary/aromatic N) is 1. The fourth-order valence-electron chi connectivity index (χ4n) is 5.57. The van der Waals surface area contributed by atoms with Crippen molar-refractivity contribution in [2.24, 2.45) is 5.92 Å². The standard InChI is InChI=1S/C29H27NO4S/c31-22-10-5-20(6-11-22)28-26(24-2-1-3-25(32)29(24)35-28)27(33)19-7-12-23(13-8-19)34-15-14-30-17-18-4-9-21(30)16-18/h1-3,5-8,10-13,18,21,31-32H,4,9,14-17H2. The molecule has 2 fully saturated rings. The van der Waals surface area contributed by atoms with Crippen LogP contribution >= 0.6 is 11.3 Å². The summed E-state index contributed by atoms with van der Waals surface area (Å²) in [5.41, 5.74) is 1.95. The fraction of sp³-hybridized carbons (Fsp3) is 0.276. The zero-order valence-corrected chi connectivity index (χ0v) is 20.1. The molecule has 6 heteroatoms. The second-order valence-electron chi connectivity index (χ2n) is 9.54. The topological polar surface area (TPSA) is 70.0 Å². The number of piperidine rings is 1. The second kappa shape index (κ2) is 9.02. The van der Waals surface area contributed by atoms with Gasteiger partial charge in [0.1, 0.15) is 23.9 Å². The van der Waals surface area contributed by atoms with Crippen LogP contribution in [0.3, 0.4) is 0 Å². The molecular weight excluding hydrogens is 458 g/mol. The molecule has 35 heavy (non-hydrogen) atoms. The summed E-state index contributed by atoms with van der Waals surface area (Å²) in [7, 11) is 0. The van der Waals surface area contributed by atoms with E-state index in [0.29, 0.717) is 22.4 Å². The Hall–Kier alpha value is -3.35. The van der Waals surface area contributed by atoms with E-state index < -0.39 is 0 Å². The van der Waals surface area contributed by atoms with E-state index in [0.717, 1.165) is 40.1 Å². The summed E-state index contributed by atoms with van der Waals surface area (Å²) in [4.78, 5) is 17.0. The molecule has 178 valence electrons. The molecule has 1 aromatic heterocycles. The lowest BCUT2D eigenvalue weighted by atomic mass is 9.97. The lowest BCUT2D eigenvalue weighted by Crippen LogP contribution is -2.35. The zero-order chi connectivity index (χ0) is 23.9. The lowest BCUT2D eigenvalue weighted by molar-refractivity contribution is 0.104. The maximum absolute atomic E-state index is 13.7. The van der Waals surface area contributed by atoms with Crippen LogP contribution in [-0.2, 0) is 0 Å². The number of aromatic hydroxyl groups is 2. The van der Waals surface area contributed by atoms with E-state index in [4.69, 9.17) is 4.74 Å². The van der Waals surface area contributed by atoms with Crippen molar-refractivity contribution >= 4 is 27.2 Å². The van der Waals surface area contributed by atoms with Gasteiger partial charge in [-0.1, -0.05) is 12.1 Å². The Morgan fingerprint density at radius 3 is 2.51 bits per heavy atom. The minimum Gasteiger partial charge on any atom is -0.508 e. The number of rotatable bonds is 7. The van der Waals surface area contributed by atoms with Crippen LogP contribution in [0, 0.1) is 5.92 Å². The van der Waals surface area contributed by atoms with E-state index in [9.17, 15) is 15.0 Å². The molecule has 2 N–H and O–H groups in total. The monoisotopic (exact) mass is 485 g/mol. The Balaban J connectivity index is 1.24. The van der Waals surface area contributed by atoms with Gasteiger partial charge in [0.25, 0.3) is 0 Å². The van der Waals surface area contributed by atoms with Crippen LogP contribution < -0.4 is 4.74 Å². The number of benzene rings is 3. The average Bonchev–Trinajstić information content (AvgIpc) is 3.60. The van der Waals surface area contributed by atoms with Crippen molar-refractivity contribution in [2.45, 2.75) is 25.3 Å². The van der Waals surface area contributed by atoms with Crippen molar-refractivity contribution in [1.29, 1.82) is 0 Å². The molecular formula is C29H27NO4S. The number of thiophene rings is 1. The van der Waals surface area contributed by atoms with Crippen LogP contribution in [0.2, 0.25) is 0 Å². The predicted octanol–water partition coefficient (Wildman–Crippen LogP) is 6.07. The van der Waals surface area contributed by atoms with Gasteiger partial charge in [0, 0.05) is 40.5 Å². The normalized spacial score (nSPS) is 19.4. The Labute approximate surface area is 208 Å². The molecule has 0 amide bonds. The fourth-order valence-corrected chi connectivity index (χ4v) is 6.79. The number of fused-ring (bicyclic) bond motifs is 3. The van der Waals surface area contributed by atoms with Crippen LogP contribution in [0.4, 0.5) is 0 Å². The molecule has 6 rings (SSSR count).